The number of aliphatic hydroxyl groups excluding tert-OH is 1. The number of benzene rings is 1. The first kappa shape index (κ1) is 36.0. The zero-order valence-electron chi connectivity index (χ0n) is 29.6. The van der Waals surface area contributed by atoms with E-state index in [0.717, 1.165) is 5.56 Å². The Labute approximate surface area is 283 Å². The maximum atomic E-state index is 13.7. The van der Waals surface area contributed by atoms with Crippen LogP contribution in [0.15, 0.2) is 41.5 Å². The molecule has 1 aliphatic heterocycles. The quantitative estimate of drug-likeness (QED) is 0.183. The Morgan fingerprint density at radius 1 is 0.958 bits per heavy atom. The highest BCUT2D eigenvalue weighted by molar-refractivity contribution is 5.71. The number of hydrogen-bond donors (Lipinski definition) is 1. The lowest BCUT2D eigenvalue weighted by Gasteiger charge is -2.60. The zero-order valence-corrected chi connectivity index (χ0v) is 29.6. The molecule has 0 amide bonds. The van der Waals surface area contributed by atoms with E-state index in [1.807, 2.05) is 77.0 Å². The van der Waals surface area contributed by atoms with Crippen molar-refractivity contribution in [1.82, 2.24) is 4.90 Å². The van der Waals surface area contributed by atoms with Crippen LogP contribution in [0.5, 0.6) is 0 Å². The van der Waals surface area contributed by atoms with Crippen LogP contribution in [0.25, 0.3) is 0 Å². The smallest absolute Gasteiger partial charge is 0.308 e. The lowest BCUT2D eigenvalue weighted by atomic mass is 9.48. The van der Waals surface area contributed by atoms with Crippen LogP contribution in [0.3, 0.4) is 0 Å². The van der Waals surface area contributed by atoms with Crippen LogP contribution in [-0.4, -0.2) is 90.7 Å². The van der Waals surface area contributed by atoms with Crippen molar-refractivity contribution in [2.75, 3.05) is 20.7 Å². The number of carbonyl (C=O) groups is 4. The molecule has 1 spiro atoms. The van der Waals surface area contributed by atoms with Gasteiger partial charge in [0.2, 0.25) is 0 Å². The van der Waals surface area contributed by atoms with Crippen molar-refractivity contribution in [3.63, 3.8) is 0 Å². The van der Waals surface area contributed by atoms with Crippen LogP contribution in [0.4, 0.5) is 0 Å². The lowest BCUT2D eigenvalue weighted by Crippen LogP contribution is -2.68. The van der Waals surface area contributed by atoms with E-state index in [9.17, 15) is 24.3 Å². The Kier molecular flexibility index (Phi) is 9.91. The molecule has 1 heterocycles. The fraction of sp³-hybridized carbons (Fsp3) is 0.676. The first-order chi connectivity index (χ1) is 22.4. The first-order valence-corrected chi connectivity index (χ1v) is 16.9. The van der Waals surface area contributed by atoms with Gasteiger partial charge in [-0.1, -0.05) is 51.1 Å². The van der Waals surface area contributed by atoms with Crippen molar-refractivity contribution in [1.29, 1.82) is 0 Å². The molecule has 2 bridgehead atoms. The van der Waals surface area contributed by atoms with Crippen LogP contribution in [0, 0.1) is 22.7 Å². The van der Waals surface area contributed by atoms with Gasteiger partial charge in [0.1, 0.15) is 36.1 Å². The summed E-state index contributed by atoms with van der Waals surface area (Å²) in [7, 11) is 3.83. The Hall–Kier alpha value is -3.28. The summed E-state index contributed by atoms with van der Waals surface area (Å²) in [6.45, 7) is 11.9. The number of fused-ring (bicyclic) bond motifs is 4. The second-order valence-corrected chi connectivity index (χ2v) is 15.1. The lowest BCUT2D eigenvalue weighted by molar-refractivity contribution is -0.226. The van der Waals surface area contributed by atoms with Crippen molar-refractivity contribution in [3.8, 4) is 0 Å². The van der Waals surface area contributed by atoms with Crippen LogP contribution in [0.1, 0.15) is 85.8 Å². The predicted molar refractivity (Wildman–Crippen MR) is 174 cm³/mol. The van der Waals surface area contributed by atoms with Gasteiger partial charge in [-0.3, -0.25) is 19.2 Å². The maximum absolute atomic E-state index is 13.7. The van der Waals surface area contributed by atoms with Crippen LogP contribution < -0.4 is 0 Å². The van der Waals surface area contributed by atoms with Gasteiger partial charge in [-0.25, -0.2) is 0 Å². The van der Waals surface area contributed by atoms with Gasteiger partial charge in [0.15, 0.2) is 0 Å². The van der Waals surface area contributed by atoms with Crippen molar-refractivity contribution in [2.45, 2.75) is 116 Å². The van der Waals surface area contributed by atoms with Gasteiger partial charge in [-0.05, 0) is 62.4 Å². The van der Waals surface area contributed by atoms with Crippen molar-refractivity contribution in [2.24, 2.45) is 22.7 Å². The Morgan fingerprint density at radius 3 is 2.10 bits per heavy atom. The van der Waals surface area contributed by atoms with Gasteiger partial charge in [0.25, 0.3) is 0 Å². The van der Waals surface area contributed by atoms with E-state index in [2.05, 4.69) is 0 Å². The summed E-state index contributed by atoms with van der Waals surface area (Å²) in [5.41, 5.74) is -0.537. The molecule has 5 rings (SSSR count). The van der Waals surface area contributed by atoms with Gasteiger partial charge >= 0.3 is 23.9 Å². The number of rotatable bonds is 8. The number of epoxide rings is 1. The second-order valence-electron chi connectivity index (χ2n) is 15.1. The second kappa shape index (κ2) is 13.2. The van der Waals surface area contributed by atoms with Crippen molar-refractivity contribution >= 4 is 23.9 Å². The van der Waals surface area contributed by atoms with Gasteiger partial charge in [0.05, 0.1) is 13.0 Å². The van der Waals surface area contributed by atoms with Gasteiger partial charge in [-0.2, -0.15) is 0 Å². The summed E-state index contributed by atoms with van der Waals surface area (Å²) in [5, 5.41) is 12.3. The topological polar surface area (TPSA) is 141 Å². The molecule has 2 saturated carbocycles. The average Bonchev–Trinajstić information content (AvgIpc) is 3.77. The Bertz CT molecular complexity index is 1450. The molecule has 3 fully saturated rings. The van der Waals surface area contributed by atoms with E-state index in [-0.39, 0.29) is 25.0 Å². The molecular weight excluding hydrogens is 618 g/mol. The number of ether oxygens (including phenoxy) is 5. The third-order valence-corrected chi connectivity index (χ3v) is 11.5. The summed E-state index contributed by atoms with van der Waals surface area (Å²) in [5.74, 6) is -3.03. The summed E-state index contributed by atoms with van der Waals surface area (Å²) < 4.78 is 30.8. The molecule has 0 radical (unpaired) electrons. The van der Waals surface area contributed by atoms with Gasteiger partial charge < -0.3 is 33.7 Å². The highest BCUT2D eigenvalue weighted by atomic mass is 16.6. The Balaban J connectivity index is 1.60. The third kappa shape index (κ3) is 6.41. The van der Waals surface area contributed by atoms with Gasteiger partial charge in [0, 0.05) is 44.1 Å². The van der Waals surface area contributed by atoms with Gasteiger partial charge in [-0.15, -0.1) is 0 Å². The van der Waals surface area contributed by atoms with E-state index in [1.165, 1.54) is 20.8 Å². The van der Waals surface area contributed by atoms with Crippen molar-refractivity contribution < 1.29 is 48.0 Å². The SMILES string of the molecule is CC(=O)OC1CC2C(OC(C)=O)C3C(C)(CCC(OC(=O)CC(c4ccccc4)N(C)C)C34CO4)C(OC(C)=O)C(O)C(=C1C)C2(C)C. The molecule has 11 nitrogen and oxygen atoms in total. The molecule has 1 aromatic carbocycles. The number of nitrogens with zero attached hydrogens (tertiary/aromatic N) is 1. The van der Waals surface area contributed by atoms with Crippen LogP contribution in [0.2, 0.25) is 0 Å². The van der Waals surface area contributed by atoms with E-state index >= 15 is 0 Å². The molecule has 1 N–H and O–H groups in total. The largest absolute Gasteiger partial charge is 0.462 e. The normalized spacial score (nSPS) is 35.9. The van der Waals surface area contributed by atoms with E-state index < -0.39 is 76.7 Å². The number of esters is 4. The number of carbonyl (C=O) groups excluding carboxylic acids is 4. The van der Waals surface area contributed by atoms with E-state index in [1.54, 1.807) is 0 Å². The molecular formula is C37H51NO10. The van der Waals surface area contributed by atoms with Crippen LogP contribution in [-0.2, 0) is 42.9 Å². The molecule has 11 heteroatoms. The minimum atomic E-state index is -1.25. The minimum Gasteiger partial charge on any atom is -0.462 e. The standard InChI is InChI=1S/C37H51NO10/c1-20-27(45-21(2)39)17-25-32(46-22(3)40)33-36(7,34(47-23(4)41)31(43)30(20)35(25,5)6)16-15-28(37(33)19-44-37)48-29(42)18-26(38(8)9)24-13-11-10-12-14-24/h10-14,25-28,31-34,43H,15-19H2,1-9H3. The minimum absolute atomic E-state index is 0.112. The molecule has 264 valence electrons. The fourth-order valence-corrected chi connectivity index (χ4v) is 9.36. The van der Waals surface area contributed by atoms with E-state index in [4.69, 9.17) is 23.7 Å². The molecule has 10 atom stereocenters. The summed E-state index contributed by atoms with van der Waals surface area (Å²) in [6, 6.07) is 9.55. The molecule has 10 unspecified atom stereocenters. The molecule has 48 heavy (non-hydrogen) atoms. The highest BCUT2D eigenvalue weighted by Gasteiger charge is 2.74. The average molecular weight is 670 g/mol. The molecule has 0 aromatic heterocycles. The molecule has 1 saturated heterocycles. The summed E-state index contributed by atoms with van der Waals surface area (Å²) in [6.07, 6.45) is -3.30. The molecule has 1 aromatic rings. The summed E-state index contributed by atoms with van der Waals surface area (Å²) >= 11 is 0. The highest BCUT2D eigenvalue weighted by Crippen LogP contribution is 2.65. The number of aliphatic hydroxyl groups is 1. The van der Waals surface area contributed by atoms with E-state index in [0.29, 0.717) is 30.4 Å². The molecule has 3 aliphatic carbocycles. The fourth-order valence-electron chi connectivity index (χ4n) is 9.36. The monoisotopic (exact) mass is 669 g/mol. The number of hydrogen-bond acceptors (Lipinski definition) is 11. The zero-order chi connectivity index (χ0) is 35.3. The Morgan fingerprint density at radius 2 is 1.56 bits per heavy atom. The van der Waals surface area contributed by atoms with Crippen LogP contribution >= 0.6 is 0 Å². The van der Waals surface area contributed by atoms with Crippen molar-refractivity contribution in [3.05, 3.63) is 47.0 Å². The predicted octanol–water partition coefficient (Wildman–Crippen LogP) is 4.31. The maximum Gasteiger partial charge on any atom is 0.308 e. The molecule has 4 aliphatic rings. The summed E-state index contributed by atoms with van der Waals surface area (Å²) in [4.78, 5) is 53.6. The third-order valence-electron chi connectivity index (χ3n) is 11.5. The first-order valence-electron chi connectivity index (χ1n) is 16.9.